The summed E-state index contributed by atoms with van der Waals surface area (Å²) in [6, 6.07) is 12.2. The number of nitrogens with one attached hydrogen (secondary N) is 2. The molecular formula is C30H43N3O3. The van der Waals surface area contributed by atoms with Crippen molar-refractivity contribution in [2.45, 2.75) is 72.9 Å². The zero-order valence-corrected chi connectivity index (χ0v) is 23.0. The van der Waals surface area contributed by atoms with Gasteiger partial charge in [-0.25, -0.2) is 0 Å². The summed E-state index contributed by atoms with van der Waals surface area (Å²) in [5.74, 6) is 0.500. The Hall–Kier alpha value is -2.86. The molecule has 0 saturated heterocycles. The van der Waals surface area contributed by atoms with Crippen molar-refractivity contribution in [1.82, 2.24) is 15.5 Å². The Morgan fingerprint density at radius 1 is 1.03 bits per heavy atom. The Bertz CT molecular complexity index is 1070. The predicted octanol–water partition coefficient (Wildman–Crippen LogP) is 5.44. The molecule has 0 unspecified atom stereocenters. The Kier molecular flexibility index (Phi) is 9.18. The van der Waals surface area contributed by atoms with Crippen LogP contribution >= 0.6 is 0 Å². The second-order valence-electron chi connectivity index (χ2n) is 11.5. The van der Waals surface area contributed by atoms with Crippen molar-refractivity contribution in [1.29, 1.82) is 0 Å². The SMILES string of the molecule is Cc1ccc(C(=O)NC2CC2)cc1-c1ccc(C(=O)NCC(C)(C)C)cc1OCCCN(C)C(C)C. The van der Waals surface area contributed by atoms with Gasteiger partial charge in [0.1, 0.15) is 5.75 Å². The molecule has 1 aliphatic rings. The number of hydrogen-bond acceptors (Lipinski definition) is 4. The lowest BCUT2D eigenvalue weighted by Gasteiger charge is -2.21. The molecule has 2 aromatic carbocycles. The van der Waals surface area contributed by atoms with Gasteiger partial charge in [-0.3, -0.25) is 9.59 Å². The zero-order valence-electron chi connectivity index (χ0n) is 23.0. The number of aryl methyl sites for hydroxylation is 1. The molecule has 0 spiro atoms. The molecule has 1 fully saturated rings. The molecule has 3 rings (SSSR count). The maximum absolute atomic E-state index is 12.9. The van der Waals surface area contributed by atoms with Crippen LogP contribution in [0.5, 0.6) is 5.75 Å². The summed E-state index contributed by atoms with van der Waals surface area (Å²) in [6.45, 7) is 14.7. The van der Waals surface area contributed by atoms with E-state index in [0.717, 1.165) is 42.5 Å². The fourth-order valence-electron chi connectivity index (χ4n) is 3.76. The number of carbonyl (C=O) groups is 2. The van der Waals surface area contributed by atoms with Gasteiger partial charge in [0.25, 0.3) is 11.8 Å². The topological polar surface area (TPSA) is 70.7 Å². The first kappa shape index (κ1) is 27.7. The summed E-state index contributed by atoms with van der Waals surface area (Å²) in [7, 11) is 2.11. The quantitative estimate of drug-likeness (QED) is 0.409. The van der Waals surface area contributed by atoms with Gasteiger partial charge in [0, 0.05) is 41.9 Å². The monoisotopic (exact) mass is 493 g/mol. The lowest BCUT2D eigenvalue weighted by atomic mass is 9.95. The smallest absolute Gasteiger partial charge is 0.251 e. The summed E-state index contributed by atoms with van der Waals surface area (Å²) in [5.41, 5.74) is 4.08. The molecule has 2 aromatic rings. The number of benzene rings is 2. The first-order valence-electron chi connectivity index (χ1n) is 13.1. The van der Waals surface area contributed by atoms with Gasteiger partial charge in [0.05, 0.1) is 6.61 Å². The van der Waals surface area contributed by atoms with Crippen LogP contribution < -0.4 is 15.4 Å². The number of nitrogens with zero attached hydrogens (tertiary/aromatic N) is 1. The standard InChI is InChI=1S/C30H43N3O3/c1-20(2)33(7)15-8-16-36-27-18-23(28(34)31-19-30(4,5)6)11-14-25(27)26-17-22(10-9-21(26)3)29(35)32-24-12-13-24/h9-11,14,17-18,20,24H,8,12-13,15-16,19H2,1-7H3,(H,31,34)(H,32,35). The molecule has 6 heteroatoms. The van der Waals surface area contributed by atoms with Crippen LogP contribution in [0.3, 0.4) is 0 Å². The van der Waals surface area contributed by atoms with Crippen molar-refractivity contribution in [3.8, 4) is 16.9 Å². The summed E-state index contributed by atoms with van der Waals surface area (Å²) in [5, 5.41) is 6.09. The molecule has 196 valence electrons. The number of amides is 2. The van der Waals surface area contributed by atoms with E-state index in [2.05, 4.69) is 57.2 Å². The summed E-state index contributed by atoms with van der Waals surface area (Å²) >= 11 is 0. The third kappa shape index (κ3) is 8.09. The van der Waals surface area contributed by atoms with Crippen LogP contribution in [0.2, 0.25) is 0 Å². The van der Waals surface area contributed by atoms with Gasteiger partial charge >= 0.3 is 0 Å². The molecule has 36 heavy (non-hydrogen) atoms. The largest absolute Gasteiger partial charge is 0.493 e. The van der Waals surface area contributed by atoms with Gasteiger partial charge < -0.3 is 20.3 Å². The van der Waals surface area contributed by atoms with E-state index in [9.17, 15) is 9.59 Å². The van der Waals surface area contributed by atoms with Crippen LogP contribution in [0.15, 0.2) is 36.4 Å². The van der Waals surface area contributed by atoms with E-state index in [-0.39, 0.29) is 17.2 Å². The van der Waals surface area contributed by atoms with Crippen LogP contribution in [0, 0.1) is 12.3 Å². The van der Waals surface area contributed by atoms with E-state index in [1.54, 1.807) is 0 Å². The van der Waals surface area contributed by atoms with Gasteiger partial charge in [0.2, 0.25) is 0 Å². The first-order valence-corrected chi connectivity index (χ1v) is 13.1. The zero-order chi connectivity index (χ0) is 26.5. The maximum Gasteiger partial charge on any atom is 0.251 e. The number of rotatable bonds is 11. The summed E-state index contributed by atoms with van der Waals surface area (Å²) in [4.78, 5) is 27.9. The average molecular weight is 494 g/mol. The highest BCUT2D eigenvalue weighted by molar-refractivity contribution is 5.97. The highest BCUT2D eigenvalue weighted by atomic mass is 16.5. The molecule has 2 N–H and O–H groups in total. The molecule has 2 amide bonds. The highest BCUT2D eigenvalue weighted by Crippen LogP contribution is 2.34. The van der Waals surface area contributed by atoms with E-state index >= 15 is 0 Å². The minimum atomic E-state index is -0.116. The number of ether oxygens (including phenoxy) is 1. The van der Waals surface area contributed by atoms with Crippen LogP contribution in [0.4, 0.5) is 0 Å². The molecule has 1 saturated carbocycles. The van der Waals surface area contributed by atoms with Crippen molar-refractivity contribution < 1.29 is 14.3 Å². The fraction of sp³-hybridized carbons (Fsp3) is 0.533. The van der Waals surface area contributed by atoms with Crippen molar-refractivity contribution in [2.75, 3.05) is 26.7 Å². The molecule has 0 atom stereocenters. The van der Waals surface area contributed by atoms with Gasteiger partial charge in [-0.2, -0.15) is 0 Å². The third-order valence-electron chi connectivity index (χ3n) is 6.52. The molecule has 0 aromatic heterocycles. The lowest BCUT2D eigenvalue weighted by Crippen LogP contribution is -2.32. The van der Waals surface area contributed by atoms with Gasteiger partial charge in [-0.1, -0.05) is 26.8 Å². The second kappa shape index (κ2) is 11.9. The minimum Gasteiger partial charge on any atom is -0.493 e. The van der Waals surface area contributed by atoms with Crippen molar-refractivity contribution in [3.05, 3.63) is 53.1 Å². The summed E-state index contributed by atoms with van der Waals surface area (Å²) in [6.07, 6.45) is 2.97. The Balaban J connectivity index is 1.87. The van der Waals surface area contributed by atoms with Crippen LogP contribution in [0.25, 0.3) is 11.1 Å². The summed E-state index contributed by atoms with van der Waals surface area (Å²) < 4.78 is 6.28. The highest BCUT2D eigenvalue weighted by Gasteiger charge is 2.24. The van der Waals surface area contributed by atoms with Crippen LogP contribution in [-0.4, -0.2) is 55.5 Å². The number of hydrogen-bond donors (Lipinski definition) is 2. The maximum atomic E-state index is 12.9. The molecule has 0 aliphatic heterocycles. The van der Waals surface area contributed by atoms with E-state index in [1.807, 2.05) is 43.3 Å². The molecular weight excluding hydrogens is 450 g/mol. The normalized spacial score (nSPS) is 13.7. The predicted molar refractivity (Wildman–Crippen MR) is 147 cm³/mol. The van der Waals surface area contributed by atoms with Crippen LogP contribution in [0.1, 0.15) is 80.2 Å². The molecule has 0 radical (unpaired) electrons. The molecule has 1 aliphatic carbocycles. The van der Waals surface area contributed by atoms with Crippen LogP contribution in [-0.2, 0) is 0 Å². The van der Waals surface area contributed by atoms with Crippen molar-refractivity contribution in [3.63, 3.8) is 0 Å². The first-order chi connectivity index (χ1) is 16.9. The van der Waals surface area contributed by atoms with Crippen molar-refractivity contribution in [2.24, 2.45) is 5.41 Å². The fourth-order valence-corrected chi connectivity index (χ4v) is 3.76. The van der Waals surface area contributed by atoms with Gasteiger partial charge in [-0.15, -0.1) is 0 Å². The van der Waals surface area contributed by atoms with Crippen molar-refractivity contribution >= 4 is 11.8 Å². The Labute approximate surface area is 216 Å². The third-order valence-corrected chi connectivity index (χ3v) is 6.52. The average Bonchev–Trinajstić information content (AvgIpc) is 3.63. The van der Waals surface area contributed by atoms with E-state index in [1.165, 1.54) is 0 Å². The van der Waals surface area contributed by atoms with E-state index in [4.69, 9.17) is 4.74 Å². The molecule has 6 nitrogen and oxygen atoms in total. The molecule has 0 bridgehead atoms. The Morgan fingerprint density at radius 3 is 2.33 bits per heavy atom. The van der Waals surface area contributed by atoms with Gasteiger partial charge in [0.15, 0.2) is 0 Å². The Morgan fingerprint density at radius 2 is 1.69 bits per heavy atom. The molecule has 0 heterocycles. The lowest BCUT2D eigenvalue weighted by molar-refractivity contribution is 0.0935. The van der Waals surface area contributed by atoms with E-state index in [0.29, 0.717) is 42.1 Å². The second-order valence-corrected chi connectivity index (χ2v) is 11.5. The minimum absolute atomic E-state index is 0.00401. The number of carbonyl (C=O) groups excluding carboxylic acids is 2. The van der Waals surface area contributed by atoms with Gasteiger partial charge in [-0.05, 0) is 94.0 Å². The van der Waals surface area contributed by atoms with E-state index < -0.39 is 0 Å².